The molecule has 20 heavy (non-hydrogen) atoms. The van der Waals surface area contributed by atoms with Gasteiger partial charge in [-0.3, -0.25) is 9.36 Å². The molecule has 1 heterocycles. The Morgan fingerprint density at radius 2 is 2.05 bits per heavy atom. The Balaban J connectivity index is 2.53. The molecule has 106 valence electrons. The maximum absolute atomic E-state index is 13.9. The summed E-state index contributed by atoms with van der Waals surface area (Å²) < 4.78 is 15.3. The lowest BCUT2D eigenvalue weighted by atomic mass is 10.1. The molecule has 2 rings (SSSR count). The number of halogens is 3. The van der Waals surface area contributed by atoms with E-state index >= 15 is 0 Å². The van der Waals surface area contributed by atoms with Crippen LogP contribution in [0.4, 0.5) is 4.39 Å². The molecule has 0 unspecified atom stereocenters. The Morgan fingerprint density at radius 3 is 2.70 bits per heavy atom. The number of nitrogens with zero attached hydrogens (tertiary/aromatic N) is 2. The number of hydrogen-bond donors (Lipinski definition) is 0. The summed E-state index contributed by atoms with van der Waals surface area (Å²) in [5.41, 5.74) is 0.0266. The zero-order valence-electron chi connectivity index (χ0n) is 11.0. The smallest absolute Gasteiger partial charge is 0.255 e. The summed E-state index contributed by atoms with van der Waals surface area (Å²) in [7, 11) is 0. The van der Waals surface area contributed by atoms with Crippen LogP contribution in [0, 0.1) is 5.82 Å². The first kappa shape index (κ1) is 15.0. The van der Waals surface area contributed by atoms with E-state index in [0.29, 0.717) is 11.4 Å². The summed E-state index contributed by atoms with van der Waals surface area (Å²) >= 11 is 11.6. The fourth-order valence-corrected chi connectivity index (χ4v) is 2.31. The van der Waals surface area contributed by atoms with Crippen LogP contribution in [0.3, 0.4) is 0 Å². The van der Waals surface area contributed by atoms with Gasteiger partial charge in [0.25, 0.3) is 5.56 Å². The van der Waals surface area contributed by atoms with Crippen LogP contribution in [0.25, 0.3) is 0 Å². The molecule has 6 heteroatoms. The first-order chi connectivity index (χ1) is 9.40. The maximum Gasteiger partial charge on any atom is 0.255 e. The molecule has 1 aromatic heterocycles. The topological polar surface area (TPSA) is 34.9 Å². The highest BCUT2D eigenvalue weighted by atomic mass is 35.5. The molecule has 0 aliphatic carbocycles. The molecule has 0 saturated carbocycles. The van der Waals surface area contributed by atoms with Gasteiger partial charge in [-0.15, -0.1) is 0 Å². The molecule has 0 aliphatic heterocycles. The molecule has 2 aromatic rings. The van der Waals surface area contributed by atoms with Gasteiger partial charge in [0.1, 0.15) is 16.8 Å². The van der Waals surface area contributed by atoms with Crippen molar-refractivity contribution in [3.8, 4) is 0 Å². The number of rotatable bonds is 3. The lowest BCUT2D eigenvalue weighted by Crippen LogP contribution is -2.26. The summed E-state index contributed by atoms with van der Waals surface area (Å²) in [6, 6.07) is 5.92. The summed E-state index contributed by atoms with van der Waals surface area (Å²) in [6.07, 6.45) is 0. The first-order valence-corrected chi connectivity index (χ1v) is 6.86. The van der Waals surface area contributed by atoms with E-state index in [-0.39, 0.29) is 28.2 Å². The SMILES string of the molecule is CC(C)c1nc(Cl)cc(=O)n1Cc1cccc(Cl)c1F. The largest absolute Gasteiger partial charge is 0.292 e. The lowest BCUT2D eigenvalue weighted by Gasteiger charge is -2.15. The van der Waals surface area contributed by atoms with E-state index in [0.717, 1.165) is 0 Å². The summed E-state index contributed by atoms with van der Waals surface area (Å²) in [5, 5.41) is 0.171. The molecule has 0 radical (unpaired) electrons. The second kappa shape index (κ2) is 5.94. The minimum absolute atomic E-state index is 0.0105. The molecule has 0 aliphatic rings. The summed E-state index contributed by atoms with van der Waals surface area (Å²) in [6.45, 7) is 3.86. The van der Waals surface area contributed by atoms with Gasteiger partial charge in [0.05, 0.1) is 11.6 Å². The van der Waals surface area contributed by atoms with Gasteiger partial charge in [-0.25, -0.2) is 9.37 Å². The highest BCUT2D eigenvalue weighted by Crippen LogP contribution is 2.20. The first-order valence-electron chi connectivity index (χ1n) is 6.10. The summed E-state index contributed by atoms with van der Waals surface area (Å²) in [4.78, 5) is 16.2. The molecule has 1 aromatic carbocycles. The Hall–Kier alpha value is -1.39. The minimum atomic E-state index is -0.522. The van der Waals surface area contributed by atoms with Crippen molar-refractivity contribution >= 4 is 23.2 Å². The zero-order valence-corrected chi connectivity index (χ0v) is 12.5. The van der Waals surface area contributed by atoms with Crippen molar-refractivity contribution in [3.63, 3.8) is 0 Å². The molecular weight excluding hydrogens is 302 g/mol. The summed E-state index contributed by atoms with van der Waals surface area (Å²) in [5.74, 6) is -0.0174. The van der Waals surface area contributed by atoms with Gasteiger partial charge in [-0.1, -0.05) is 49.2 Å². The van der Waals surface area contributed by atoms with Gasteiger partial charge in [0, 0.05) is 17.5 Å². The van der Waals surface area contributed by atoms with E-state index < -0.39 is 5.82 Å². The van der Waals surface area contributed by atoms with Crippen LogP contribution >= 0.6 is 23.2 Å². The molecule has 0 fully saturated rings. The van der Waals surface area contributed by atoms with Gasteiger partial charge < -0.3 is 0 Å². The van der Waals surface area contributed by atoms with E-state index in [1.165, 1.54) is 16.7 Å². The van der Waals surface area contributed by atoms with Crippen molar-refractivity contribution in [2.24, 2.45) is 0 Å². The average molecular weight is 315 g/mol. The highest BCUT2D eigenvalue weighted by Gasteiger charge is 2.14. The second-order valence-corrected chi connectivity index (χ2v) is 5.52. The molecule has 0 bridgehead atoms. The standard InChI is InChI=1S/C14H13Cl2FN2O/c1-8(2)14-18-11(16)6-12(20)19(14)7-9-4-3-5-10(15)13(9)17/h3-6,8H,7H2,1-2H3. The second-order valence-electron chi connectivity index (χ2n) is 4.73. The monoisotopic (exact) mass is 314 g/mol. The number of hydrogen-bond acceptors (Lipinski definition) is 2. The maximum atomic E-state index is 13.9. The van der Waals surface area contributed by atoms with Crippen LogP contribution in [-0.4, -0.2) is 9.55 Å². The van der Waals surface area contributed by atoms with Gasteiger partial charge in [-0.05, 0) is 6.07 Å². The predicted octanol–water partition coefficient (Wildman–Crippen LogP) is 3.86. The molecule has 0 N–H and O–H groups in total. The Kier molecular flexibility index (Phi) is 4.45. The van der Waals surface area contributed by atoms with E-state index in [9.17, 15) is 9.18 Å². The number of benzene rings is 1. The molecular formula is C14H13Cl2FN2O. The van der Waals surface area contributed by atoms with Crippen LogP contribution in [-0.2, 0) is 6.54 Å². The zero-order chi connectivity index (χ0) is 14.9. The fraction of sp³-hybridized carbons (Fsp3) is 0.286. The Labute approximate surface area is 126 Å². The molecule has 0 atom stereocenters. The van der Waals surface area contributed by atoms with Gasteiger partial charge in [-0.2, -0.15) is 0 Å². The van der Waals surface area contributed by atoms with Crippen molar-refractivity contribution in [1.82, 2.24) is 9.55 Å². The van der Waals surface area contributed by atoms with Crippen LogP contribution in [0.15, 0.2) is 29.1 Å². The average Bonchev–Trinajstić information content (AvgIpc) is 2.37. The fourth-order valence-electron chi connectivity index (χ4n) is 1.94. The third kappa shape index (κ3) is 3.02. The lowest BCUT2D eigenvalue weighted by molar-refractivity contribution is 0.574. The van der Waals surface area contributed by atoms with E-state index in [4.69, 9.17) is 23.2 Å². The Bertz CT molecular complexity index is 698. The quantitative estimate of drug-likeness (QED) is 0.806. The normalized spacial score (nSPS) is 11.1. The van der Waals surface area contributed by atoms with E-state index in [2.05, 4.69) is 4.98 Å². The number of aromatic nitrogens is 2. The third-order valence-corrected chi connectivity index (χ3v) is 3.37. The molecule has 0 amide bonds. The minimum Gasteiger partial charge on any atom is -0.292 e. The molecule has 3 nitrogen and oxygen atoms in total. The van der Waals surface area contributed by atoms with Crippen LogP contribution < -0.4 is 5.56 Å². The van der Waals surface area contributed by atoms with Crippen LogP contribution in [0.5, 0.6) is 0 Å². The van der Waals surface area contributed by atoms with Crippen molar-refractivity contribution in [3.05, 3.63) is 62.0 Å². The van der Waals surface area contributed by atoms with Crippen molar-refractivity contribution < 1.29 is 4.39 Å². The van der Waals surface area contributed by atoms with Gasteiger partial charge >= 0.3 is 0 Å². The van der Waals surface area contributed by atoms with E-state index in [1.807, 2.05) is 13.8 Å². The van der Waals surface area contributed by atoms with Crippen molar-refractivity contribution in [2.45, 2.75) is 26.3 Å². The molecule has 0 spiro atoms. The van der Waals surface area contributed by atoms with E-state index in [1.54, 1.807) is 12.1 Å². The predicted molar refractivity (Wildman–Crippen MR) is 78.1 cm³/mol. The Morgan fingerprint density at radius 1 is 1.35 bits per heavy atom. The molecule has 0 saturated heterocycles. The van der Waals surface area contributed by atoms with Crippen molar-refractivity contribution in [2.75, 3.05) is 0 Å². The third-order valence-electron chi connectivity index (χ3n) is 2.88. The highest BCUT2D eigenvalue weighted by molar-refractivity contribution is 6.30. The van der Waals surface area contributed by atoms with Gasteiger partial charge in [0.2, 0.25) is 0 Å². The van der Waals surface area contributed by atoms with Crippen LogP contribution in [0.2, 0.25) is 10.2 Å². The van der Waals surface area contributed by atoms with Gasteiger partial charge in [0.15, 0.2) is 0 Å². The van der Waals surface area contributed by atoms with Crippen LogP contribution in [0.1, 0.15) is 31.2 Å². The van der Waals surface area contributed by atoms with Crippen molar-refractivity contribution in [1.29, 1.82) is 0 Å².